The number of nitrogens with zero attached hydrogens (tertiary/aromatic N) is 3. The van der Waals surface area contributed by atoms with Gasteiger partial charge in [0.15, 0.2) is 0 Å². The molecule has 0 radical (unpaired) electrons. The minimum absolute atomic E-state index is 0.376. The normalized spacial score (nSPS) is 10.4. The first-order valence-corrected chi connectivity index (χ1v) is 14.2. The van der Waals surface area contributed by atoms with Crippen molar-refractivity contribution in [3.05, 3.63) is 94.9 Å². The minimum Gasteiger partial charge on any atom is -0.477 e. The third-order valence-electron chi connectivity index (χ3n) is 6.27. The Kier molecular flexibility index (Phi) is 10.8. The summed E-state index contributed by atoms with van der Waals surface area (Å²) < 4.78 is 5.27. The van der Waals surface area contributed by atoms with Crippen molar-refractivity contribution in [2.75, 3.05) is 0 Å². The Bertz CT molecular complexity index is 1500. The fourth-order valence-electron chi connectivity index (χ4n) is 4.52. The van der Waals surface area contributed by atoms with Crippen LogP contribution in [0.5, 0.6) is 0 Å². The number of aryl methyl sites for hydroxylation is 4. The molecule has 0 fully saturated rings. The molecule has 0 bridgehead atoms. The van der Waals surface area contributed by atoms with Crippen LogP contribution < -0.4 is 0 Å². The number of hydrogen-bond acceptors (Lipinski definition) is 4. The van der Waals surface area contributed by atoms with E-state index in [1.165, 1.54) is 35.0 Å². The molecule has 0 saturated heterocycles. The van der Waals surface area contributed by atoms with Crippen LogP contribution in [0.15, 0.2) is 73.3 Å². The van der Waals surface area contributed by atoms with E-state index in [1.54, 1.807) is 12.5 Å². The zero-order chi connectivity index (χ0) is 28.4. The third kappa shape index (κ3) is 7.12. The van der Waals surface area contributed by atoms with E-state index in [0.29, 0.717) is 4.88 Å². The maximum absolute atomic E-state index is 11.6. The first-order chi connectivity index (χ1) is 18.9. The van der Waals surface area contributed by atoms with Gasteiger partial charge in [-0.05, 0) is 67.6 Å². The number of fused-ring (bicyclic) bond motifs is 1. The number of carboxylic acids is 1. The second kappa shape index (κ2) is 14.3. The molecule has 5 rings (SSSR count). The van der Waals surface area contributed by atoms with E-state index in [2.05, 4.69) is 71.9 Å². The first kappa shape index (κ1) is 29.6. The number of benzene rings is 2. The molecule has 1 N–H and O–H groups in total. The molecule has 5 aromatic rings. The fraction of sp³-hybridized carbons (Fsp3) is 0.281. The lowest BCUT2D eigenvalue weighted by atomic mass is 10.0. The van der Waals surface area contributed by atoms with Gasteiger partial charge in [0.1, 0.15) is 11.2 Å². The Labute approximate surface area is 234 Å². The number of aldehydes is 1. The highest BCUT2D eigenvalue weighted by Gasteiger charge is 2.18. The maximum atomic E-state index is 11.6. The van der Waals surface area contributed by atoms with Gasteiger partial charge in [-0.25, -0.2) is 9.78 Å². The standard InChI is InChI=1S/C28H27N3O2S.C2H4O.C2H6/c1-3-4-20-5-7-21(8-6-20)11-13-31-24(16-26-25(31)17-27(34-26)28(32)33)23-10-9-22(15-19(23)2)30-14-12-29-18-30;1-2-3;1-2/h5-10,12,14-18H,3-4,11,13H2,1-2H3,(H,32,33);2H,1H3;1-2H3. The lowest BCUT2D eigenvalue weighted by Crippen LogP contribution is -2.04. The molecule has 3 heterocycles. The largest absolute Gasteiger partial charge is 0.477 e. The number of aromatic carboxylic acids is 1. The zero-order valence-electron chi connectivity index (χ0n) is 23.3. The van der Waals surface area contributed by atoms with Crippen LogP contribution in [0, 0.1) is 6.92 Å². The van der Waals surface area contributed by atoms with Crippen molar-refractivity contribution in [2.45, 2.75) is 60.4 Å². The van der Waals surface area contributed by atoms with Crippen molar-refractivity contribution < 1.29 is 14.7 Å². The van der Waals surface area contributed by atoms with Gasteiger partial charge in [-0.15, -0.1) is 11.3 Å². The van der Waals surface area contributed by atoms with E-state index in [-0.39, 0.29) is 0 Å². The average Bonchev–Trinajstić information content (AvgIpc) is 3.68. The number of thiophene rings is 1. The lowest BCUT2D eigenvalue weighted by Gasteiger charge is -2.14. The number of carboxylic acid groups (broad SMARTS) is 1. The molecule has 0 atom stereocenters. The van der Waals surface area contributed by atoms with Crippen LogP contribution in [-0.2, 0) is 24.2 Å². The van der Waals surface area contributed by atoms with Gasteiger partial charge in [0, 0.05) is 30.2 Å². The van der Waals surface area contributed by atoms with Crippen molar-refractivity contribution >= 4 is 33.8 Å². The number of carbonyl (C=O) groups is 2. The van der Waals surface area contributed by atoms with Crippen molar-refractivity contribution in [2.24, 2.45) is 0 Å². The molecule has 3 aromatic heterocycles. The van der Waals surface area contributed by atoms with Crippen LogP contribution in [0.3, 0.4) is 0 Å². The summed E-state index contributed by atoms with van der Waals surface area (Å²) in [4.78, 5) is 24.9. The van der Waals surface area contributed by atoms with Crippen molar-refractivity contribution in [3.8, 4) is 16.9 Å². The van der Waals surface area contributed by atoms with Crippen molar-refractivity contribution in [1.29, 1.82) is 0 Å². The lowest BCUT2D eigenvalue weighted by molar-refractivity contribution is -0.106. The number of imidazole rings is 1. The summed E-state index contributed by atoms with van der Waals surface area (Å²) in [7, 11) is 0. The van der Waals surface area contributed by atoms with E-state index in [4.69, 9.17) is 4.79 Å². The van der Waals surface area contributed by atoms with Crippen LogP contribution in [0.2, 0.25) is 0 Å². The van der Waals surface area contributed by atoms with Gasteiger partial charge in [-0.2, -0.15) is 0 Å². The summed E-state index contributed by atoms with van der Waals surface area (Å²) in [6, 6.07) is 19.2. The van der Waals surface area contributed by atoms with E-state index in [0.717, 1.165) is 59.3 Å². The van der Waals surface area contributed by atoms with Gasteiger partial charge < -0.3 is 19.0 Å². The van der Waals surface area contributed by atoms with Gasteiger partial charge in [0.25, 0.3) is 0 Å². The molecule has 0 aliphatic rings. The molecule has 39 heavy (non-hydrogen) atoms. The highest BCUT2D eigenvalue weighted by molar-refractivity contribution is 7.20. The number of hydrogen-bond donors (Lipinski definition) is 1. The Hall–Kier alpha value is -3.97. The smallest absolute Gasteiger partial charge is 0.345 e. The quantitative estimate of drug-likeness (QED) is 0.201. The maximum Gasteiger partial charge on any atom is 0.345 e. The second-order valence-electron chi connectivity index (χ2n) is 8.87. The summed E-state index contributed by atoms with van der Waals surface area (Å²) >= 11 is 1.34. The fourth-order valence-corrected chi connectivity index (χ4v) is 5.46. The Morgan fingerprint density at radius 1 is 1.03 bits per heavy atom. The van der Waals surface area contributed by atoms with E-state index < -0.39 is 5.97 Å². The first-order valence-electron chi connectivity index (χ1n) is 13.4. The number of carbonyl (C=O) groups excluding carboxylic acids is 1. The molecule has 2 aromatic carbocycles. The number of aromatic nitrogens is 3. The Morgan fingerprint density at radius 2 is 1.69 bits per heavy atom. The monoisotopic (exact) mass is 543 g/mol. The van der Waals surface area contributed by atoms with Gasteiger partial charge in [0.2, 0.25) is 0 Å². The molecule has 7 heteroatoms. The highest BCUT2D eigenvalue weighted by atomic mass is 32.1. The topological polar surface area (TPSA) is 77.1 Å². The van der Waals surface area contributed by atoms with Crippen molar-refractivity contribution in [3.63, 3.8) is 0 Å². The van der Waals surface area contributed by atoms with Crippen LogP contribution in [0.25, 0.3) is 27.2 Å². The molecule has 0 aliphatic carbocycles. The van der Waals surface area contributed by atoms with E-state index >= 15 is 0 Å². The van der Waals surface area contributed by atoms with Crippen LogP contribution in [-0.4, -0.2) is 31.5 Å². The molecule has 0 saturated carbocycles. The van der Waals surface area contributed by atoms with Crippen molar-refractivity contribution in [1.82, 2.24) is 14.1 Å². The summed E-state index contributed by atoms with van der Waals surface area (Å²) in [5, 5.41) is 9.52. The van der Waals surface area contributed by atoms with Gasteiger partial charge in [-0.1, -0.05) is 57.5 Å². The van der Waals surface area contributed by atoms with Gasteiger partial charge >= 0.3 is 5.97 Å². The molecule has 0 unspecified atom stereocenters. The van der Waals surface area contributed by atoms with Gasteiger partial charge in [-0.3, -0.25) is 0 Å². The summed E-state index contributed by atoms with van der Waals surface area (Å²) in [5.74, 6) is -0.873. The Balaban J connectivity index is 0.000000787. The Morgan fingerprint density at radius 3 is 2.26 bits per heavy atom. The van der Waals surface area contributed by atoms with E-state index in [9.17, 15) is 9.90 Å². The summed E-state index contributed by atoms with van der Waals surface area (Å²) in [6.45, 7) is 10.5. The predicted molar refractivity (Wildman–Crippen MR) is 161 cm³/mol. The molecule has 204 valence electrons. The zero-order valence-corrected chi connectivity index (χ0v) is 24.2. The molecule has 0 spiro atoms. The van der Waals surface area contributed by atoms with Gasteiger partial charge in [0.05, 0.1) is 22.2 Å². The third-order valence-corrected chi connectivity index (χ3v) is 7.33. The summed E-state index contributed by atoms with van der Waals surface area (Å²) in [6.07, 6.45) is 9.39. The number of rotatable bonds is 8. The molecule has 0 aliphatic heterocycles. The van der Waals surface area contributed by atoms with Crippen LogP contribution in [0.4, 0.5) is 0 Å². The highest BCUT2D eigenvalue weighted by Crippen LogP contribution is 2.36. The second-order valence-corrected chi connectivity index (χ2v) is 9.95. The molecular weight excluding hydrogens is 506 g/mol. The van der Waals surface area contributed by atoms with Crippen LogP contribution >= 0.6 is 11.3 Å². The SMILES string of the molecule is CC.CC=O.CCCc1ccc(CCn2c(-c3ccc(-n4ccnc4)cc3C)cc3sc(C(=O)O)cc32)cc1. The molecule has 6 nitrogen and oxygen atoms in total. The predicted octanol–water partition coefficient (Wildman–Crippen LogP) is 7.99. The minimum atomic E-state index is -0.873. The van der Waals surface area contributed by atoms with Crippen LogP contribution in [0.1, 0.15) is 60.5 Å². The van der Waals surface area contributed by atoms with E-state index in [1.807, 2.05) is 30.7 Å². The molecular formula is C32H37N3O3S. The summed E-state index contributed by atoms with van der Waals surface area (Å²) in [5.41, 5.74) is 8.15. The molecule has 0 amide bonds. The average molecular weight is 544 g/mol.